The summed E-state index contributed by atoms with van der Waals surface area (Å²) in [6.07, 6.45) is 5.41. The third kappa shape index (κ3) is 3.11. The zero-order valence-corrected chi connectivity index (χ0v) is 16.2. The van der Waals surface area contributed by atoms with Gasteiger partial charge in [0.05, 0.1) is 16.4 Å². The van der Waals surface area contributed by atoms with E-state index in [0.717, 1.165) is 47.6 Å². The Morgan fingerprint density at radius 1 is 1.11 bits per heavy atom. The van der Waals surface area contributed by atoms with E-state index in [0.29, 0.717) is 12.1 Å². The summed E-state index contributed by atoms with van der Waals surface area (Å²) in [6, 6.07) is 10.6. The Balaban J connectivity index is 1.40. The van der Waals surface area contributed by atoms with Crippen LogP contribution in [0.3, 0.4) is 0 Å². The number of halogens is 1. The molecule has 28 heavy (non-hydrogen) atoms. The molecule has 2 unspecified atom stereocenters. The molecule has 0 bridgehead atoms. The molecular weight excluding hydrogens is 373 g/mol. The average Bonchev–Trinajstić information content (AvgIpc) is 3.18. The maximum Gasteiger partial charge on any atom is 0.254 e. The molecule has 2 aliphatic heterocycles. The van der Waals surface area contributed by atoms with Crippen LogP contribution in [-0.4, -0.2) is 33.4 Å². The van der Waals surface area contributed by atoms with Gasteiger partial charge in [0, 0.05) is 35.6 Å². The van der Waals surface area contributed by atoms with Crippen molar-refractivity contribution in [2.75, 3.05) is 6.54 Å². The minimum absolute atomic E-state index is 0.0312. The molecule has 0 N–H and O–H groups in total. The van der Waals surface area contributed by atoms with Crippen molar-refractivity contribution in [3.63, 3.8) is 0 Å². The van der Waals surface area contributed by atoms with Crippen molar-refractivity contribution in [3.8, 4) is 11.4 Å². The summed E-state index contributed by atoms with van der Waals surface area (Å²) in [7, 11) is 0. The van der Waals surface area contributed by atoms with Gasteiger partial charge in [0.15, 0.2) is 0 Å². The molecule has 142 valence electrons. The summed E-state index contributed by atoms with van der Waals surface area (Å²) in [5.74, 6) is 0.00232. The summed E-state index contributed by atoms with van der Waals surface area (Å²) in [4.78, 5) is 24.4. The lowest BCUT2D eigenvalue weighted by Gasteiger charge is -2.38. The summed E-state index contributed by atoms with van der Waals surface area (Å²) < 4.78 is 13.6. The van der Waals surface area contributed by atoms with Gasteiger partial charge in [-0.1, -0.05) is 6.07 Å². The van der Waals surface area contributed by atoms with Crippen molar-refractivity contribution in [2.24, 2.45) is 0 Å². The zero-order chi connectivity index (χ0) is 19.1. The second kappa shape index (κ2) is 7.09. The highest BCUT2D eigenvalue weighted by molar-refractivity contribution is 7.10. The van der Waals surface area contributed by atoms with Crippen LogP contribution in [0.5, 0.6) is 0 Å². The Kier molecular flexibility index (Phi) is 4.43. The Morgan fingerprint density at radius 2 is 2.04 bits per heavy atom. The van der Waals surface area contributed by atoms with Gasteiger partial charge in [-0.2, -0.15) is 0 Å². The molecule has 4 nitrogen and oxygen atoms in total. The molecule has 6 heteroatoms. The van der Waals surface area contributed by atoms with Crippen LogP contribution in [0.2, 0.25) is 0 Å². The minimum Gasteiger partial charge on any atom is -0.335 e. The quantitative estimate of drug-likeness (QED) is 0.635. The standard InChI is InChI=1S/C22H20FN3OS/c23-16-6-9-18-14(11-16)4-7-17-8-5-15(12-26(17)22(18)27)21-25-20(13-28-21)19-3-1-2-10-24-19/h1-3,6,9-11,13,15,17H,4-5,7-8,12H2. The molecule has 4 heterocycles. The molecule has 1 aromatic carbocycles. The van der Waals surface area contributed by atoms with Crippen molar-refractivity contribution < 1.29 is 9.18 Å². The lowest BCUT2D eigenvalue weighted by Crippen LogP contribution is -2.45. The van der Waals surface area contributed by atoms with Crippen LogP contribution in [0.25, 0.3) is 11.4 Å². The van der Waals surface area contributed by atoms with Crippen molar-refractivity contribution in [2.45, 2.75) is 37.6 Å². The number of nitrogens with zero attached hydrogens (tertiary/aromatic N) is 3. The Labute approximate surface area is 167 Å². The zero-order valence-electron chi connectivity index (χ0n) is 15.3. The maximum atomic E-state index is 13.6. The number of piperidine rings is 1. The van der Waals surface area contributed by atoms with Gasteiger partial charge in [0.1, 0.15) is 5.82 Å². The number of hydrogen-bond donors (Lipinski definition) is 0. The van der Waals surface area contributed by atoms with Crippen LogP contribution >= 0.6 is 11.3 Å². The van der Waals surface area contributed by atoms with E-state index in [4.69, 9.17) is 4.98 Å². The largest absolute Gasteiger partial charge is 0.335 e. The number of thiazole rings is 1. The van der Waals surface area contributed by atoms with E-state index in [9.17, 15) is 9.18 Å². The number of benzene rings is 1. The van der Waals surface area contributed by atoms with Crippen molar-refractivity contribution >= 4 is 17.2 Å². The number of hydrogen-bond acceptors (Lipinski definition) is 4. The number of pyridine rings is 1. The van der Waals surface area contributed by atoms with Gasteiger partial charge in [-0.05, 0) is 61.6 Å². The number of carbonyl (C=O) groups is 1. The smallest absolute Gasteiger partial charge is 0.254 e. The van der Waals surface area contributed by atoms with Crippen LogP contribution in [0.1, 0.15) is 46.1 Å². The first-order valence-electron chi connectivity index (χ1n) is 9.65. The van der Waals surface area contributed by atoms with Gasteiger partial charge in [0.2, 0.25) is 0 Å². The van der Waals surface area contributed by atoms with Gasteiger partial charge in [-0.3, -0.25) is 9.78 Å². The molecule has 2 aliphatic rings. The number of amides is 1. The van der Waals surface area contributed by atoms with Gasteiger partial charge < -0.3 is 4.90 Å². The van der Waals surface area contributed by atoms with Crippen molar-refractivity contribution in [3.05, 3.63) is 69.9 Å². The fraction of sp³-hybridized carbons (Fsp3) is 0.318. The molecule has 0 aliphatic carbocycles. The first kappa shape index (κ1) is 17.5. The van der Waals surface area contributed by atoms with Gasteiger partial charge in [0.25, 0.3) is 5.91 Å². The predicted octanol–water partition coefficient (Wildman–Crippen LogP) is 4.68. The number of carbonyl (C=O) groups excluding carboxylic acids is 1. The third-order valence-electron chi connectivity index (χ3n) is 5.81. The van der Waals surface area contributed by atoms with E-state index in [1.807, 2.05) is 28.5 Å². The Morgan fingerprint density at radius 3 is 2.89 bits per heavy atom. The molecule has 0 spiro atoms. The second-order valence-electron chi connectivity index (χ2n) is 7.51. The first-order chi connectivity index (χ1) is 13.7. The van der Waals surface area contributed by atoms with E-state index in [2.05, 4.69) is 4.98 Å². The van der Waals surface area contributed by atoms with Crippen LogP contribution in [0.15, 0.2) is 48.0 Å². The number of aromatic nitrogens is 2. The average molecular weight is 393 g/mol. The lowest BCUT2D eigenvalue weighted by molar-refractivity contribution is 0.0588. The molecule has 0 radical (unpaired) electrons. The first-order valence-corrected chi connectivity index (χ1v) is 10.5. The maximum absolute atomic E-state index is 13.6. The Bertz CT molecular complexity index is 1020. The highest BCUT2D eigenvalue weighted by Gasteiger charge is 2.36. The third-order valence-corrected chi connectivity index (χ3v) is 6.82. The summed E-state index contributed by atoms with van der Waals surface area (Å²) in [6.45, 7) is 0.676. The predicted molar refractivity (Wildman–Crippen MR) is 107 cm³/mol. The molecule has 0 saturated carbocycles. The van der Waals surface area contributed by atoms with Gasteiger partial charge in [-0.15, -0.1) is 11.3 Å². The summed E-state index contributed by atoms with van der Waals surface area (Å²) in [5.41, 5.74) is 3.26. The number of fused-ring (bicyclic) bond motifs is 2. The monoisotopic (exact) mass is 393 g/mol. The molecule has 2 aromatic heterocycles. The van der Waals surface area contributed by atoms with Gasteiger partial charge >= 0.3 is 0 Å². The Hall–Kier alpha value is -2.60. The van der Waals surface area contributed by atoms with E-state index in [-0.39, 0.29) is 23.7 Å². The topological polar surface area (TPSA) is 46.1 Å². The molecule has 1 amide bonds. The fourth-order valence-corrected chi connectivity index (χ4v) is 5.28. The lowest BCUT2D eigenvalue weighted by atomic mass is 9.91. The highest BCUT2D eigenvalue weighted by atomic mass is 32.1. The molecular formula is C22H20FN3OS. The van der Waals surface area contributed by atoms with Crippen LogP contribution in [0, 0.1) is 5.82 Å². The fourth-order valence-electron chi connectivity index (χ4n) is 4.34. The molecule has 2 atom stereocenters. The van der Waals surface area contributed by atoms with Crippen LogP contribution in [0.4, 0.5) is 4.39 Å². The molecule has 5 rings (SSSR count). The van der Waals surface area contributed by atoms with E-state index >= 15 is 0 Å². The molecule has 1 fully saturated rings. The van der Waals surface area contributed by atoms with Crippen molar-refractivity contribution in [1.29, 1.82) is 0 Å². The van der Waals surface area contributed by atoms with E-state index in [1.165, 1.54) is 12.1 Å². The van der Waals surface area contributed by atoms with E-state index in [1.54, 1.807) is 23.6 Å². The summed E-state index contributed by atoms with van der Waals surface area (Å²) in [5, 5.41) is 3.11. The van der Waals surface area contributed by atoms with Crippen molar-refractivity contribution in [1.82, 2.24) is 14.9 Å². The van der Waals surface area contributed by atoms with Crippen LogP contribution < -0.4 is 0 Å². The molecule has 3 aromatic rings. The van der Waals surface area contributed by atoms with Gasteiger partial charge in [-0.25, -0.2) is 9.37 Å². The van der Waals surface area contributed by atoms with Crippen LogP contribution in [-0.2, 0) is 6.42 Å². The van der Waals surface area contributed by atoms with E-state index < -0.39 is 0 Å². The highest BCUT2D eigenvalue weighted by Crippen LogP contribution is 2.37. The molecule has 1 saturated heterocycles. The second-order valence-corrected chi connectivity index (χ2v) is 8.40. The minimum atomic E-state index is -0.269. The SMILES string of the molecule is O=C1c2ccc(F)cc2CCC2CCC(c3nc(-c4ccccn4)cs3)CN12. The number of rotatable bonds is 2. The summed E-state index contributed by atoms with van der Waals surface area (Å²) >= 11 is 1.65. The number of aryl methyl sites for hydroxylation is 1. The normalized spacial score (nSPS) is 21.8.